The lowest BCUT2D eigenvalue weighted by Gasteiger charge is -2.43. The van der Waals surface area contributed by atoms with Gasteiger partial charge < -0.3 is 15.0 Å². The van der Waals surface area contributed by atoms with Crippen LogP contribution < -0.4 is 19.8 Å². The average molecular weight is 658 g/mol. The first-order valence-electron chi connectivity index (χ1n) is 14.9. The maximum atomic E-state index is 13.9. The number of nitrogens with one attached hydrogen (secondary N) is 2. The maximum Gasteiger partial charge on any atom is 0.305 e. The molecule has 3 amide bonds. The molecular weight excluding hydrogens is 630 g/mol. The summed E-state index contributed by atoms with van der Waals surface area (Å²) >= 11 is 8.97. The molecule has 2 aliphatic carbocycles. The van der Waals surface area contributed by atoms with E-state index in [1.54, 1.807) is 36.0 Å². The average Bonchev–Trinajstić information content (AvgIpc) is 3.77. The minimum absolute atomic E-state index is 0.0167. The highest BCUT2D eigenvalue weighted by atomic mass is 35.5. The zero-order chi connectivity index (χ0) is 31.0. The van der Waals surface area contributed by atoms with Crippen LogP contribution in [0.15, 0.2) is 82.6 Å². The number of thiazole rings is 1. The fourth-order valence-corrected chi connectivity index (χ4v) is 11.0. The van der Waals surface area contributed by atoms with E-state index >= 15 is 0 Å². The van der Waals surface area contributed by atoms with E-state index in [-0.39, 0.29) is 70.0 Å². The number of hydrogen-bond acceptors (Lipinski definition) is 7. The molecule has 0 radical (unpaired) electrons. The largest absolute Gasteiger partial charge is 0.484 e. The van der Waals surface area contributed by atoms with Crippen LogP contribution in [-0.2, 0) is 14.4 Å². The van der Waals surface area contributed by atoms with Crippen LogP contribution in [0.2, 0.25) is 5.02 Å². The van der Waals surface area contributed by atoms with Crippen molar-refractivity contribution in [3.8, 4) is 5.75 Å². The Morgan fingerprint density at radius 3 is 2.36 bits per heavy atom. The normalized spacial score (nSPS) is 27.7. The number of carbonyl (C=O) groups is 3. The molecule has 2 bridgehead atoms. The second-order valence-electron chi connectivity index (χ2n) is 12.2. The Morgan fingerprint density at radius 1 is 0.956 bits per heavy atom. The van der Waals surface area contributed by atoms with E-state index in [1.165, 1.54) is 16.2 Å². The van der Waals surface area contributed by atoms with E-state index in [0.717, 1.165) is 27.5 Å². The molecule has 2 aliphatic heterocycles. The van der Waals surface area contributed by atoms with Crippen molar-refractivity contribution in [3.63, 3.8) is 0 Å². The highest BCUT2D eigenvalue weighted by Gasteiger charge is 2.69. The summed E-state index contributed by atoms with van der Waals surface area (Å²) in [6.07, 6.45) is 0.816. The number of thioether (sulfide) groups is 1. The number of carbonyl (C=O) groups excluding carboxylic acids is 3. The molecule has 3 heterocycles. The van der Waals surface area contributed by atoms with Crippen LogP contribution in [0.25, 0.3) is 0 Å². The summed E-state index contributed by atoms with van der Waals surface area (Å²) in [5.74, 6) is -0.652. The van der Waals surface area contributed by atoms with Crippen molar-refractivity contribution in [2.75, 3.05) is 16.8 Å². The molecule has 228 valence electrons. The second-order valence-corrected chi connectivity index (χ2v) is 14.9. The predicted octanol–water partition coefficient (Wildman–Crippen LogP) is 6.09. The molecule has 0 spiro atoms. The standard InChI is InChI=1S/C34H28ClN3O5S2/c1-16-2-8-19(9-3-16)36-24(39)15-43-21-12-4-17(5-13-21)25-26-22-14-23(29(26)44-31-30(25)45-34(42)37-31)28-27(22)32(40)38(33(28)41)20-10-6-18(35)7-11-20/h2-13,22-23,25-29H,14-15H2,1H3,(H,36,39)(H,37,42)/t22-,23-,25+,26-,27+,28+,29-/m1/s1. The molecule has 2 saturated carbocycles. The molecular formula is C34H28ClN3O5S2. The van der Waals surface area contributed by atoms with Gasteiger partial charge in [-0.15, -0.1) is 11.8 Å². The van der Waals surface area contributed by atoms with Crippen LogP contribution in [-0.4, -0.2) is 34.6 Å². The van der Waals surface area contributed by atoms with Crippen LogP contribution in [0, 0.1) is 36.5 Å². The van der Waals surface area contributed by atoms with E-state index in [1.807, 2.05) is 55.5 Å². The number of H-pyrrole nitrogens is 1. The van der Waals surface area contributed by atoms with E-state index < -0.39 is 0 Å². The van der Waals surface area contributed by atoms with Gasteiger partial charge in [0.2, 0.25) is 11.8 Å². The van der Waals surface area contributed by atoms with Crippen LogP contribution in [0.3, 0.4) is 0 Å². The number of imide groups is 1. The quantitative estimate of drug-likeness (QED) is 0.243. The van der Waals surface area contributed by atoms with Crippen LogP contribution in [0.1, 0.15) is 28.3 Å². The van der Waals surface area contributed by atoms with Gasteiger partial charge in [0.15, 0.2) is 6.61 Å². The Hall–Kier alpha value is -3.86. The van der Waals surface area contributed by atoms with Gasteiger partial charge in [-0.05, 0) is 85.2 Å². The van der Waals surface area contributed by atoms with Gasteiger partial charge in [-0.3, -0.25) is 24.1 Å². The highest BCUT2D eigenvalue weighted by molar-refractivity contribution is 8.00. The maximum absolute atomic E-state index is 13.9. The van der Waals surface area contributed by atoms with E-state index in [9.17, 15) is 19.2 Å². The van der Waals surface area contributed by atoms with Crippen molar-refractivity contribution in [1.82, 2.24) is 4.98 Å². The van der Waals surface area contributed by atoms with Crippen LogP contribution in [0.5, 0.6) is 5.75 Å². The van der Waals surface area contributed by atoms with Gasteiger partial charge in [0.05, 0.1) is 22.5 Å². The molecule has 8 rings (SSSR count). The van der Waals surface area contributed by atoms with Crippen molar-refractivity contribution in [2.45, 2.75) is 29.5 Å². The number of hydrogen-bond donors (Lipinski definition) is 2. The third kappa shape index (κ3) is 4.73. The fraction of sp³-hybridized carbons (Fsp3) is 0.294. The number of rotatable bonds is 6. The highest BCUT2D eigenvalue weighted by Crippen LogP contribution is 2.68. The Morgan fingerprint density at radius 2 is 1.64 bits per heavy atom. The Bertz CT molecular complexity index is 1890. The van der Waals surface area contributed by atoms with Gasteiger partial charge in [-0.2, -0.15) is 0 Å². The van der Waals surface area contributed by atoms with Gasteiger partial charge in [0, 0.05) is 26.8 Å². The molecule has 1 aromatic heterocycles. The summed E-state index contributed by atoms with van der Waals surface area (Å²) < 4.78 is 5.79. The zero-order valence-corrected chi connectivity index (χ0v) is 26.5. The summed E-state index contributed by atoms with van der Waals surface area (Å²) in [5, 5.41) is 4.35. The molecule has 45 heavy (non-hydrogen) atoms. The summed E-state index contributed by atoms with van der Waals surface area (Å²) in [7, 11) is 0. The summed E-state index contributed by atoms with van der Waals surface area (Å²) in [6, 6.07) is 22.1. The third-order valence-corrected chi connectivity index (χ3v) is 12.6. The Kier molecular flexibility index (Phi) is 6.92. The molecule has 4 aromatic rings. The number of fused-ring (bicyclic) bond motifs is 9. The monoisotopic (exact) mass is 657 g/mol. The molecule has 3 fully saturated rings. The molecule has 11 heteroatoms. The number of amides is 3. The third-order valence-electron chi connectivity index (χ3n) is 9.75. The van der Waals surface area contributed by atoms with E-state index in [0.29, 0.717) is 22.1 Å². The van der Waals surface area contributed by atoms with Gasteiger partial charge in [-0.25, -0.2) is 0 Å². The minimum Gasteiger partial charge on any atom is -0.484 e. The summed E-state index contributed by atoms with van der Waals surface area (Å²) in [4.78, 5) is 58.0. The zero-order valence-electron chi connectivity index (χ0n) is 24.1. The lowest BCUT2D eigenvalue weighted by Crippen LogP contribution is -2.42. The first-order chi connectivity index (χ1) is 21.8. The summed E-state index contributed by atoms with van der Waals surface area (Å²) in [6.45, 7) is 1.86. The Balaban J connectivity index is 1.05. The Labute approximate surface area is 272 Å². The number of ether oxygens (including phenoxy) is 1. The first kappa shape index (κ1) is 28.6. The minimum atomic E-state index is -0.380. The number of anilines is 2. The van der Waals surface area contributed by atoms with Gasteiger partial charge >= 0.3 is 4.87 Å². The molecule has 4 aliphatic rings. The molecule has 3 aromatic carbocycles. The SMILES string of the molecule is Cc1ccc(NC(=O)COc2ccc([C@@H]3c4sc(=O)[nH]c4S[C@@H]4[C@@H]5C[C@@H]([C@@H]6C(=O)N(c7ccc(Cl)cc7)C(=O)[C@@H]56)[C@H]34)cc2)cc1. The second kappa shape index (κ2) is 10.9. The molecule has 0 unspecified atom stereocenters. The van der Waals surface area contributed by atoms with Gasteiger partial charge in [0.1, 0.15) is 5.75 Å². The summed E-state index contributed by atoms with van der Waals surface area (Å²) in [5.41, 5.74) is 3.40. The first-order valence-corrected chi connectivity index (χ1v) is 17.0. The van der Waals surface area contributed by atoms with Crippen molar-refractivity contribution in [3.05, 3.63) is 103 Å². The predicted molar refractivity (Wildman–Crippen MR) is 174 cm³/mol. The number of benzene rings is 3. The number of nitrogens with zero attached hydrogens (tertiary/aromatic N) is 1. The van der Waals surface area contributed by atoms with Gasteiger partial charge in [-0.1, -0.05) is 52.8 Å². The number of aromatic nitrogens is 1. The topological polar surface area (TPSA) is 109 Å². The van der Waals surface area contributed by atoms with E-state index in [4.69, 9.17) is 16.3 Å². The molecule has 8 nitrogen and oxygen atoms in total. The van der Waals surface area contributed by atoms with Crippen molar-refractivity contribution in [1.29, 1.82) is 0 Å². The smallest absolute Gasteiger partial charge is 0.305 e. The number of aryl methyl sites for hydroxylation is 1. The van der Waals surface area contributed by atoms with Crippen LogP contribution in [0.4, 0.5) is 11.4 Å². The number of halogens is 1. The van der Waals surface area contributed by atoms with Gasteiger partial charge in [0.25, 0.3) is 5.91 Å². The molecule has 1 saturated heterocycles. The van der Waals surface area contributed by atoms with Crippen molar-refractivity contribution in [2.24, 2.45) is 29.6 Å². The van der Waals surface area contributed by atoms with Crippen molar-refractivity contribution < 1.29 is 19.1 Å². The van der Waals surface area contributed by atoms with Crippen LogP contribution >= 0.6 is 34.7 Å². The fourth-order valence-electron chi connectivity index (χ4n) is 7.99. The van der Waals surface area contributed by atoms with Crippen molar-refractivity contribution >= 4 is 63.8 Å². The number of aromatic amines is 1. The lowest BCUT2D eigenvalue weighted by molar-refractivity contribution is -0.123. The van der Waals surface area contributed by atoms with E-state index in [2.05, 4.69) is 10.3 Å². The molecule has 2 N–H and O–H groups in total. The lowest BCUT2D eigenvalue weighted by atomic mass is 9.68. The molecule has 7 atom stereocenters.